The van der Waals surface area contributed by atoms with E-state index in [-0.39, 0.29) is 52.5 Å². The number of hydrogen-bond acceptors (Lipinski definition) is 8. The lowest BCUT2D eigenvalue weighted by molar-refractivity contribution is 0.313. The van der Waals surface area contributed by atoms with E-state index in [0.29, 0.717) is 34.3 Å². The fourth-order valence-electron chi connectivity index (χ4n) is 4.81. The van der Waals surface area contributed by atoms with Gasteiger partial charge in [0.25, 0.3) is 5.56 Å². The third-order valence-electron chi connectivity index (χ3n) is 7.27. The van der Waals surface area contributed by atoms with E-state index in [1.807, 2.05) is 0 Å². The van der Waals surface area contributed by atoms with E-state index in [0.717, 1.165) is 12.8 Å². The number of hydrogen-bond donors (Lipinski definition) is 2. The maximum atomic E-state index is 13.3. The van der Waals surface area contributed by atoms with E-state index in [1.165, 1.54) is 33.3 Å². The first-order valence-electron chi connectivity index (χ1n) is 12.9. The zero-order chi connectivity index (χ0) is 28.9. The summed E-state index contributed by atoms with van der Waals surface area (Å²) in [5.74, 6) is 0.220. The number of fused-ring (bicyclic) bond motifs is 1. The van der Waals surface area contributed by atoms with Crippen LogP contribution < -0.4 is 10.3 Å². The number of nitrogens with one attached hydrogen (secondary N) is 2. The number of nitrogens with zero attached hydrogens (tertiary/aromatic N) is 5. The van der Waals surface area contributed by atoms with Crippen LogP contribution >= 0.6 is 23.2 Å². The number of aromatic amines is 1. The first kappa shape index (κ1) is 28.2. The largest absolute Gasteiger partial charge is 0.308 e. The predicted molar refractivity (Wildman–Crippen MR) is 152 cm³/mol. The van der Waals surface area contributed by atoms with E-state index < -0.39 is 25.6 Å². The maximum absolute atomic E-state index is 13.3. The molecule has 2 aromatic carbocycles. The van der Waals surface area contributed by atoms with Crippen LogP contribution in [0.25, 0.3) is 11.2 Å². The predicted octanol–water partition coefficient (Wildman–Crippen LogP) is 2.88. The summed E-state index contributed by atoms with van der Waals surface area (Å²) >= 11 is 12.6. The van der Waals surface area contributed by atoms with Gasteiger partial charge in [-0.15, -0.1) is 5.10 Å². The molecule has 1 aliphatic carbocycles. The Bertz CT molecular complexity index is 1880. The molecule has 0 unspecified atom stereocenters. The average Bonchev–Trinajstić information content (AvgIpc) is 3.66. The number of benzene rings is 2. The molecule has 1 saturated carbocycles. The summed E-state index contributed by atoms with van der Waals surface area (Å²) in [6, 6.07) is 10.3. The third-order valence-corrected chi connectivity index (χ3v) is 11.4. The fraction of sp³-hybridized carbons (Fsp3) is 0.360. The van der Waals surface area contributed by atoms with Crippen LogP contribution in [-0.4, -0.2) is 65.2 Å². The van der Waals surface area contributed by atoms with Crippen molar-refractivity contribution in [1.82, 2.24) is 34.0 Å². The second kappa shape index (κ2) is 10.7. The number of sulfonamides is 2. The lowest BCUT2D eigenvalue weighted by Gasteiger charge is -2.30. The Morgan fingerprint density at radius 2 is 1.56 bits per heavy atom. The molecule has 3 heterocycles. The number of piperidine rings is 1. The highest BCUT2D eigenvalue weighted by Crippen LogP contribution is 2.30. The van der Waals surface area contributed by atoms with Crippen molar-refractivity contribution in [3.05, 3.63) is 74.3 Å². The molecule has 1 saturated heterocycles. The van der Waals surface area contributed by atoms with Crippen molar-refractivity contribution >= 4 is 54.4 Å². The number of halogens is 2. The van der Waals surface area contributed by atoms with E-state index >= 15 is 0 Å². The Kier molecular flexibility index (Phi) is 7.41. The summed E-state index contributed by atoms with van der Waals surface area (Å²) in [5, 5.41) is 8.94. The van der Waals surface area contributed by atoms with Gasteiger partial charge in [0.15, 0.2) is 11.2 Å². The first-order chi connectivity index (χ1) is 19.5. The zero-order valence-corrected chi connectivity index (χ0v) is 24.6. The Morgan fingerprint density at radius 3 is 2.20 bits per heavy atom. The minimum atomic E-state index is -3.85. The van der Waals surface area contributed by atoms with Gasteiger partial charge in [0.1, 0.15) is 5.82 Å². The summed E-state index contributed by atoms with van der Waals surface area (Å²) < 4.78 is 56.8. The van der Waals surface area contributed by atoms with Crippen LogP contribution in [0.5, 0.6) is 0 Å². The molecule has 6 rings (SSSR count). The highest BCUT2D eigenvalue weighted by Gasteiger charge is 2.32. The Balaban J connectivity index is 1.18. The zero-order valence-electron chi connectivity index (χ0n) is 21.5. The number of H-pyrrole nitrogens is 1. The molecule has 2 aliphatic rings. The van der Waals surface area contributed by atoms with Gasteiger partial charge >= 0.3 is 0 Å². The van der Waals surface area contributed by atoms with Crippen molar-refractivity contribution in [2.75, 3.05) is 13.1 Å². The van der Waals surface area contributed by atoms with Gasteiger partial charge in [0.2, 0.25) is 20.0 Å². The molecular weight excluding hydrogens is 613 g/mol. The van der Waals surface area contributed by atoms with Crippen LogP contribution in [-0.2, 0) is 26.6 Å². The molecular formula is C25H25Cl2N7O5S2. The summed E-state index contributed by atoms with van der Waals surface area (Å²) in [7, 11) is -7.53. The molecule has 216 valence electrons. The van der Waals surface area contributed by atoms with Crippen molar-refractivity contribution in [2.24, 2.45) is 0 Å². The van der Waals surface area contributed by atoms with Crippen LogP contribution in [0, 0.1) is 0 Å². The Morgan fingerprint density at radius 1 is 0.927 bits per heavy atom. The van der Waals surface area contributed by atoms with E-state index in [4.69, 9.17) is 23.2 Å². The van der Waals surface area contributed by atoms with Gasteiger partial charge in [-0.2, -0.15) is 4.31 Å². The van der Waals surface area contributed by atoms with Crippen LogP contribution in [0.15, 0.2) is 57.1 Å². The van der Waals surface area contributed by atoms with Gasteiger partial charge in [0.05, 0.1) is 16.3 Å². The molecule has 1 aliphatic heterocycles. The van der Waals surface area contributed by atoms with Gasteiger partial charge in [0, 0.05) is 40.7 Å². The molecule has 4 aromatic rings. The number of aromatic nitrogens is 5. The smallest absolute Gasteiger partial charge is 0.281 e. The van der Waals surface area contributed by atoms with E-state index in [9.17, 15) is 21.6 Å². The van der Waals surface area contributed by atoms with Gasteiger partial charge in [-0.25, -0.2) is 31.2 Å². The van der Waals surface area contributed by atoms with Crippen molar-refractivity contribution in [3.63, 3.8) is 0 Å². The van der Waals surface area contributed by atoms with Gasteiger partial charge in [-0.05, 0) is 62.1 Å². The Hall–Kier alpha value is -2.88. The molecule has 0 atom stereocenters. The first-order valence-corrected chi connectivity index (χ1v) is 16.6. The lowest BCUT2D eigenvalue weighted by atomic mass is 9.97. The summed E-state index contributed by atoms with van der Waals surface area (Å²) in [5.41, 5.74) is 0.535. The maximum Gasteiger partial charge on any atom is 0.281 e. The molecule has 16 heteroatoms. The molecule has 0 radical (unpaired) electrons. The highest BCUT2D eigenvalue weighted by molar-refractivity contribution is 7.89. The van der Waals surface area contributed by atoms with Crippen LogP contribution in [0.1, 0.15) is 43.0 Å². The molecule has 12 nitrogen and oxygen atoms in total. The fourth-order valence-corrected chi connectivity index (χ4v) is 8.11. The summed E-state index contributed by atoms with van der Waals surface area (Å²) in [6.07, 6.45) is 2.44. The second-order valence-corrected chi connectivity index (χ2v) is 14.6. The van der Waals surface area contributed by atoms with E-state index in [1.54, 1.807) is 18.2 Å². The van der Waals surface area contributed by atoms with Crippen molar-refractivity contribution in [3.8, 4) is 0 Å². The van der Waals surface area contributed by atoms with Crippen LogP contribution in [0.2, 0.25) is 10.0 Å². The van der Waals surface area contributed by atoms with Crippen LogP contribution in [0.4, 0.5) is 0 Å². The minimum Gasteiger partial charge on any atom is -0.308 e. The molecule has 0 amide bonds. The standard InChI is InChI=1S/C25H25Cl2N7O5S2/c26-20-2-1-3-21(27)19(20)14-34-24-22(30-32-34)25(35)29-23(28-24)15-10-12-33(13-11-15)41(38,39)18-8-6-17(7-9-18)40(36,37)31-16-4-5-16/h1-3,6-9,15-16,31H,4-5,10-14H2,(H,28,29,35). The lowest BCUT2D eigenvalue weighted by Crippen LogP contribution is -2.38. The normalized spacial score (nSPS) is 17.3. The highest BCUT2D eigenvalue weighted by atomic mass is 35.5. The summed E-state index contributed by atoms with van der Waals surface area (Å²) in [6.45, 7) is 0.563. The minimum absolute atomic E-state index is 0.0162. The van der Waals surface area contributed by atoms with Crippen molar-refractivity contribution in [1.29, 1.82) is 0 Å². The average molecular weight is 639 g/mol. The monoisotopic (exact) mass is 637 g/mol. The second-order valence-electron chi connectivity index (χ2n) is 10.1. The number of rotatable bonds is 8. The molecule has 41 heavy (non-hydrogen) atoms. The van der Waals surface area contributed by atoms with Gasteiger partial charge in [-0.1, -0.05) is 34.5 Å². The SMILES string of the molecule is O=c1[nH]c(C2CCN(S(=O)(=O)c3ccc(S(=O)(=O)NC4CC4)cc3)CC2)nc2c1nnn2Cc1c(Cl)cccc1Cl. The Labute approximate surface area is 245 Å². The van der Waals surface area contributed by atoms with Gasteiger partial charge in [-0.3, -0.25) is 4.79 Å². The van der Waals surface area contributed by atoms with E-state index in [2.05, 4.69) is 25.0 Å². The topological polar surface area (TPSA) is 160 Å². The molecule has 2 aromatic heterocycles. The third kappa shape index (κ3) is 5.64. The quantitative estimate of drug-likeness (QED) is 0.298. The molecule has 0 bridgehead atoms. The van der Waals surface area contributed by atoms with Crippen LogP contribution in [0.3, 0.4) is 0 Å². The van der Waals surface area contributed by atoms with Gasteiger partial charge < -0.3 is 4.98 Å². The molecule has 2 fully saturated rings. The van der Waals surface area contributed by atoms with Crippen molar-refractivity contribution in [2.45, 2.75) is 54.0 Å². The van der Waals surface area contributed by atoms with Crippen molar-refractivity contribution < 1.29 is 16.8 Å². The molecule has 0 spiro atoms. The molecule has 2 N–H and O–H groups in total. The summed E-state index contributed by atoms with van der Waals surface area (Å²) in [4.78, 5) is 20.3.